The number of carbonyl (C=O) groups is 1. The predicted octanol–water partition coefficient (Wildman–Crippen LogP) is 0.565. The largest absolute Gasteiger partial charge is 0.378 e. The third kappa shape index (κ3) is 1.85. The highest BCUT2D eigenvalue weighted by Gasteiger charge is 2.18. The molecule has 1 saturated heterocycles. The topological polar surface area (TPSA) is 29.5 Å². The van der Waals surface area contributed by atoms with E-state index in [1.807, 2.05) is 4.90 Å². The van der Waals surface area contributed by atoms with E-state index >= 15 is 0 Å². The molecule has 0 aromatic rings. The van der Waals surface area contributed by atoms with Gasteiger partial charge in [0, 0.05) is 19.2 Å². The van der Waals surface area contributed by atoms with Crippen LogP contribution in [0.2, 0.25) is 0 Å². The summed E-state index contributed by atoms with van der Waals surface area (Å²) in [5.41, 5.74) is 1.30. The summed E-state index contributed by atoms with van der Waals surface area (Å²) in [4.78, 5) is 13.3. The van der Waals surface area contributed by atoms with Crippen molar-refractivity contribution in [2.24, 2.45) is 0 Å². The van der Waals surface area contributed by atoms with Gasteiger partial charge in [0.25, 0.3) is 0 Å². The number of rotatable bonds is 1. The zero-order chi connectivity index (χ0) is 8.39. The molecule has 1 aliphatic heterocycles. The molecule has 3 heteroatoms. The normalized spacial score (nSPS) is 22.3. The fourth-order valence-electron chi connectivity index (χ4n) is 1.27. The second-order valence-electron chi connectivity index (χ2n) is 3.24. The van der Waals surface area contributed by atoms with Gasteiger partial charge in [-0.15, -0.1) is 0 Å². The minimum absolute atomic E-state index is 0.172. The first kappa shape index (κ1) is 7.80. The van der Waals surface area contributed by atoms with Crippen molar-refractivity contribution in [2.75, 3.05) is 26.3 Å². The van der Waals surface area contributed by atoms with Gasteiger partial charge in [0.05, 0.1) is 13.2 Å². The first-order chi connectivity index (χ1) is 5.86. The lowest BCUT2D eigenvalue weighted by atomic mass is 10.3. The van der Waals surface area contributed by atoms with Gasteiger partial charge in [0.1, 0.15) is 0 Å². The number of hydrogen-bond donors (Lipinski definition) is 0. The highest BCUT2D eigenvalue weighted by molar-refractivity contribution is 5.89. The van der Waals surface area contributed by atoms with Crippen LogP contribution in [0.1, 0.15) is 12.8 Å². The van der Waals surface area contributed by atoms with E-state index in [4.69, 9.17) is 4.74 Å². The van der Waals surface area contributed by atoms with Crippen LogP contribution in [0.3, 0.4) is 0 Å². The predicted molar refractivity (Wildman–Crippen MR) is 44.7 cm³/mol. The van der Waals surface area contributed by atoms with E-state index in [-0.39, 0.29) is 5.91 Å². The first-order valence-corrected chi connectivity index (χ1v) is 4.42. The van der Waals surface area contributed by atoms with Gasteiger partial charge < -0.3 is 9.64 Å². The van der Waals surface area contributed by atoms with Gasteiger partial charge in [-0.1, -0.05) is 5.57 Å². The molecule has 0 N–H and O–H groups in total. The van der Waals surface area contributed by atoms with Crippen LogP contribution >= 0.6 is 0 Å². The molecule has 12 heavy (non-hydrogen) atoms. The fourth-order valence-corrected chi connectivity index (χ4v) is 1.27. The summed E-state index contributed by atoms with van der Waals surface area (Å²) >= 11 is 0. The van der Waals surface area contributed by atoms with E-state index in [0.29, 0.717) is 13.2 Å². The van der Waals surface area contributed by atoms with Crippen LogP contribution < -0.4 is 0 Å². The maximum absolute atomic E-state index is 11.4. The summed E-state index contributed by atoms with van der Waals surface area (Å²) in [6.07, 6.45) is 4.03. The minimum Gasteiger partial charge on any atom is -0.378 e. The minimum atomic E-state index is 0.172. The van der Waals surface area contributed by atoms with Crippen molar-refractivity contribution in [1.29, 1.82) is 0 Å². The van der Waals surface area contributed by atoms with Gasteiger partial charge in [0.15, 0.2) is 0 Å². The summed E-state index contributed by atoms with van der Waals surface area (Å²) in [6.45, 7) is 2.88. The summed E-state index contributed by atoms with van der Waals surface area (Å²) in [5.74, 6) is 0.172. The Morgan fingerprint density at radius 2 is 2.00 bits per heavy atom. The maximum Gasteiger partial charge on any atom is 0.246 e. The van der Waals surface area contributed by atoms with Crippen molar-refractivity contribution in [1.82, 2.24) is 4.90 Å². The Morgan fingerprint density at radius 3 is 2.58 bits per heavy atom. The Kier molecular flexibility index (Phi) is 2.13. The summed E-state index contributed by atoms with van der Waals surface area (Å²) < 4.78 is 5.16. The Hall–Kier alpha value is -0.830. The molecule has 0 aromatic carbocycles. The molecule has 0 unspecified atom stereocenters. The number of allylic oxidation sites excluding steroid dienone is 1. The van der Waals surface area contributed by atoms with Crippen molar-refractivity contribution in [3.05, 3.63) is 11.6 Å². The van der Waals surface area contributed by atoms with Crippen molar-refractivity contribution in [2.45, 2.75) is 12.8 Å². The van der Waals surface area contributed by atoms with E-state index < -0.39 is 0 Å². The molecule has 1 saturated carbocycles. The molecule has 0 radical (unpaired) electrons. The Balaban J connectivity index is 1.89. The van der Waals surface area contributed by atoms with E-state index in [9.17, 15) is 4.79 Å². The molecule has 66 valence electrons. The monoisotopic (exact) mass is 167 g/mol. The van der Waals surface area contributed by atoms with E-state index in [1.54, 1.807) is 6.08 Å². The Bertz CT molecular complexity index is 211. The molecule has 0 aromatic heterocycles. The van der Waals surface area contributed by atoms with Gasteiger partial charge in [-0.25, -0.2) is 0 Å². The third-order valence-corrected chi connectivity index (χ3v) is 2.19. The van der Waals surface area contributed by atoms with Crippen LogP contribution in [-0.4, -0.2) is 37.1 Å². The highest BCUT2D eigenvalue weighted by Crippen LogP contribution is 2.27. The first-order valence-electron chi connectivity index (χ1n) is 4.42. The average Bonchev–Trinajstić information content (AvgIpc) is 2.90. The van der Waals surface area contributed by atoms with Gasteiger partial charge in [-0.05, 0) is 12.8 Å². The molecular formula is C9H13NO2. The molecular weight excluding hydrogens is 154 g/mol. The molecule has 0 atom stereocenters. The number of amides is 1. The van der Waals surface area contributed by atoms with E-state index in [1.165, 1.54) is 5.57 Å². The van der Waals surface area contributed by atoms with Crippen LogP contribution in [-0.2, 0) is 9.53 Å². The summed E-state index contributed by atoms with van der Waals surface area (Å²) in [5, 5.41) is 0. The van der Waals surface area contributed by atoms with Gasteiger partial charge in [-0.3, -0.25) is 4.79 Å². The lowest BCUT2D eigenvalue weighted by Gasteiger charge is -2.25. The van der Waals surface area contributed by atoms with Crippen molar-refractivity contribution < 1.29 is 9.53 Å². The van der Waals surface area contributed by atoms with Crippen LogP contribution in [0.15, 0.2) is 11.6 Å². The standard InChI is InChI=1S/C9H13NO2/c11-9(7-8-1-2-8)10-3-5-12-6-4-10/h7H,1-6H2. The molecule has 0 spiro atoms. The van der Waals surface area contributed by atoms with E-state index in [2.05, 4.69) is 0 Å². The molecule has 3 nitrogen and oxygen atoms in total. The summed E-state index contributed by atoms with van der Waals surface area (Å²) in [6, 6.07) is 0. The molecule has 1 aliphatic carbocycles. The Morgan fingerprint density at radius 1 is 1.33 bits per heavy atom. The number of morpholine rings is 1. The lowest BCUT2D eigenvalue weighted by molar-refractivity contribution is -0.130. The zero-order valence-corrected chi connectivity index (χ0v) is 7.08. The zero-order valence-electron chi connectivity index (χ0n) is 7.08. The quantitative estimate of drug-likeness (QED) is 0.534. The summed E-state index contributed by atoms with van der Waals surface area (Å²) in [7, 11) is 0. The maximum atomic E-state index is 11.4. The van der Waals surface area contributed by atoms with Crippen molar-refractivity contribution in [3.8, 4) is 0 Å². The van der Waals surface area contributed by atoms with Crippen LogP contribution in [0, 0.1) is 0 Å². The second-order valence-corrected chi connectivity index (χ2v) is 3.24. The van der Waals surface area contributed by atoms with Crippen molar-refractivity contribution in [3.63, 3.8) is 0 Å². The van der Waals surface area contributed by atoms with Gasteiger partial charge in [0.2, 0.25) is 5.91 Å². The smallest absolute Gasteiger partial charge is 0.246 e. The number of hydrogen-bond acceptors (Lipinski definition) is 2. The molecule has 0 bridgehead atoms. The third-order valence-electron chi connectivity index (χ3n) is 2.19. The van der Waals surface area contributed by atoms with Crippen LogP contribution in [0.5, 0.6) is 0 Å². The lowest BCUT2D eigenvalue weighted by Crippen LogP contribution is -2.39. The number of nitrogens with zero attached hydrogens (tertiary/aromatic N) is 1. The highest BCUT2D eigenvalue weighted by atomic mass is 16.5. The van der Waals surface area contributed by atoms with Crippen LogP contribution in [0.4, 0.5) is 0 Å². The van der Waals surface area contributed by atoms with Gasteiger partial charge >= 0.3 is 0 Å². The van der Waals surface area contributed by atoms with Crippen molar-refractivity contribution >= 4 is 5.91 Å². The second kappa shape index (κ2) is 3.27. The SMILES string of the molecule is O=C(C=C1CC1)N1CCOCC1. The number of carbonyl (C=O) groups excluding carboxylic acids is 1. The molecule has 2 aliphatic rings. The fraction of sp³-hybridized carbons (Fsp3) is 0.667. The molecule has 1 heterocycles. The molecule has 1 amide bonds. The van der Waals surface area contributed by atoms with E-state index in [0.717, 1.165) is 25.9 Å². The average molecular weight is 167 g/mol. The molecule has 2 fully saturated rings. The number of ether oxygens (including phenoxy) is 1. The Labute approximate surface area is 72.0 Å². The van der Waals surface area contributed by atoms with Gasteiger partial charge in [-0.2, -0.15) is 0 Å². The van der Waals surface area contributed by atoms with Crippen LogP contribution in [0.25, 0.3) is 0 Å². The molecule has 2 rings (SSSR count).